The number of aromatic nitrogens is 2. The number of carbonyl (C=O) groups excluding carboxylic acids is 2. The van der Waals surface area contributed by atoms with Crippen molar-refractivity contribution in [2.45, 2.75) is 20.4 Å². The minimum Gasteiger partial charge on any atom is -0.465 e. The first kappa shape index (κ1) is 16.2. The van der Waals surface area contributed by atoms with Crippen LogP contribution in [0, 0.1) is 6.92 Å². The van der Waals surface area contributed by atoms with E-state index in [9.17, 15) is 9.59 Å². The van der Waals surface area contributed by atoms with E-state index in [4.69, 9.17) is 4.74 Å². The molecule has 0 aliphatic heterocycles. The molecule has 2 heterocycles. The maximum Gasteiger partial charge on any atom is 0.350 e. The van der Waals surface area contributed by atoms with E-state index >= 15 is 0 Å². The number of ether oxygens (including phenoxy) is 1. The molecule has 0 saturated carbocycles. The molecule has 1 N–H and O–H groups in total. The first-order chi connectivity index (χ1) is 11.5. The molecule has 3 aromatic rings. The van der Waals surface area contributed by atoms with E-state index in [2.05, 4.69) is 10.4 Å². The summed E-state index contributed by atoms with van der Waals surface area (Å²) in [4.78, 5) is 25.0. The highest BCUT2D eigenvalue weighted by atomic mass is 32.1. The highest BCUT2D eigenvalue weighted by molar-refractivity contribution is 7.21. The maximum absolute atomic E-state index is 12.6. The molecular formula is C17H17N3O3S. The first-order valence-electron chi connectivity index (χ1n) is 7.50. The summed E-state index contributed by atoms with van der Waals surface area (Å²) < 4.78 is 7.49. The van der Waals surface area contributed by atoms with Crippen molar-refractivity contribution in [3.05, 3.63) is 46.6 Å². The summed E-state index contributed by atoms with van der Waals surface area (Å²) in [6, 6.07) is 9.24. The van der Waals surface area contributed by atoms with E-state index in [1.807, 2.05) is 38.1 Å². The number of amides is 1. The Bertz CT molecular complexity index is 926. The number of hydrogen-bond acceptors (Lipinski definition) is 5. The lowest BCUT2D eigenvalue weighted by molar-refractivity contribution is 0.0607. The van der Waals surface area contributed by atoms with Gasteiger partial charge in [-0.2, -0.15) is 5.10 Å². The number of thiophene rings is 1. The zero-order valence-electron chi connectivity index (χ0n) is 13.6. The molecule has 0 saturated heterocycles. The molecule has 2 aromatic heterocycles. The van der Waals surface area contributed by atoms with Crippen LogP contribution in [0.25, 0.3) is 10.1 Å². The van der Waals surface area contributed by atoms with E-state index in [0.29, 0.717) is 22.8 Å². The summed E-state index contributed by atoms with van der Waals surface area (Å²) in [5, 5.41) is 7.91. The molecule has 0 spiro atoms. The van der Waals surface area contributed by atoms with Crippen molar-refractivity contribution >= 4 is 39.0 Å². The second kappa shape index (κ2) is 6.45. The van der Waals surface area contributed by atoms with Crippen LogP contribution in [0.2, 0.25) is 0 Å². The van der Waals surface area contributed by atoms with Crippen molar-refractivity contribution in [3.8, 4) is 0 Å². The van der Waals surface area contributed by atoms with Gasteiger partial charge in [-0.05, 0) is 26.0 Å². The smallest absolute Gasteiger partial charge is 0.350 e. The Morgan fingerprint density at radius 1 is 1.33 bits per heavy atom. The SMILES string of the molecule is CCn1nc(C(=O)Nc2c(C(=O)OC)sc3ccccc23)cc1C. The molecule has 1 amide bonds. The second-order valence-corrected chi connectivity index (χ2v) is 6.29. The third-order valence-corrected chi connectivity index (χ3v) is 4.87. The Balaban J connectivity index is 2.01. The summed E-state index contributed by atoms with van der Waals surface area (Å²) in [5.74, 6) is -0.819. The second-order valence-electron chi connectivity index (χ2n) is 5.23. The number of benzene rings is 1. The fourth-order valence-electron chi connectivity index (χ4n) is 2.52. The number of nitrogens with one attached hydrogen (secondary N) is 1. The molecule has 0 aliphatic rings. The Kier molecular flexibility index (Phi) is 4.35. The van der Waals surface area contributed by atoms with Gasteiger partial charge in [0.1, 0.15) is 4.88 Å². The molecule has 6 nitrogen and oxygen atoms in total. The average molecular weight is 343 g/mol. The van der Waals surface area contributed by atoms with Crippen LogP contribution in [-0.2, 0) is 11.3 Å². The largest absolute Gasteiger partial charge is 0.465 e. The first-order valence-corrected chi connectivity index (χ1v) is 8.32. The number of fused-ring (bicyclic) bond motifs is 1. The van der Waals surface area contributed by atoms with Crippen molar-refractivity contribution in [1.29, 1.82) is 0 Å². The average Bonchev–Trinajstić information content (AvgIpc) is 3.15. The lowest BCUT2D eigenvalue weighted by Crippen LogP contribution is -2.15. The molecule has 0 atom stereocenters. The van der Waals surface area contributed by atoms with Gasteiger partial charge in [-0.3, -0.25) is 9.48 Å². The fraction of sp³-hybridized carbons (Fsp3) is 0.235. The lowest BCUT2D eigenvalue weighted by atomic mass is 10.2. The predicted molar refractivity (Wildman–Crippen MR) is 93.8 cm³/mol. The highest BCUT2D eigenvalue weighted by Crippen LogP contribution is 2.36. The number of anilines is 1. The van der Waals surface area contributed by atoms with Gasteiger partial charge in [0.15, 0.2) is 5.69 Å². The Morgan fingerprint density at radius 2 is 2.08 bits per heavy atom. The van der Waals surface area contributed by atoms with E-state index in [-0.39, 0.29) is 5.91 Å². The molecule has 124 valence electrons. The van der Waals surface area contributed by atoms with Crippen molar-refractivity contribution in [1.82, 2.24) is 9.78 Å². The third kappa shape index (κ3) is 2.78. The van der Waals surface area contributed by atoms with Crippen LogP contribution < -0.4 is 5.32 Å². The quantitative estimate of drug-likeness (QED) is 0.736. The minimum absolute atomic E-state index is 0.320. The number of esters is 1. The van der Waals surface area contributed by atoms with Gasteiger partial charge in [-0.25, -0.2) is 4.79 Å². The number of carbonyl (C=O) groups is 2. The summed E-state index contributed by atoms with van der Waals surface area (Å²) in [7, 11) is 1.32. The molecule has 0 unspecified atom stereocenters. The number of rotatable bonds is 4. The molecule has 7 heteroatoms. The topological polar surface area (TPSA) is 73.2 Å². The van der Waals surface area contributed by atoms with E-state index < -0.39 is 5.97 Å². The number of methoxy groups -OCH3 is 1. The third-order valence-electron chi connectivity index (χ3n) is 3.72. The van der Waals surface area contributed by atoms with Gasteiger partial charge in [0.05, 0.1) is 12.8 Å². The monoisotopic (exact) mass is 343 g/mol. The zero-order valence-corrected chi connectivity index (χ0v) is 14.4. The van der Waals surface area contributed by atoms with Gasteiger partial charge >= 0.3 is 5.97 Å². The predicted octanol–water partition coefficient (Wildman–Crippen LogP) is 3.47. The molecule has 24 heavy (non-hydrogen) atoms. The van der Waals surface area contributed by atoms with Crippen LogP contribution in [0.3, 0.4) is 0 Å². The molecule has 0 bridgehead atoms. The van der Waals surface area contributed by atoms with Gasteiger partial charge in [-0.15, -0.1) is 11.3 Å². The molecule has 3 rings (SSSR count). The van der Waals surface area contributed by atoms with Crippen LogP contribution in [0.5, 0.6) is 0 Å². The number of hydrogen-bond donors (Lipinski definition) is 1. The molecule has 0 radical (unpaired) electrons. The van der Waals surface area contributed by atoms with Gasteiger partial charge in [-0.1, -0.05) is 18.2 Å². The molecular weight excluding hydrogens is 326 g/mol. The van der Waals surface area contributed by atoms with Crippen LogP contribution in [-0.4, -0.2) is 28.8 Å². The van der Waals surface area contributed by atoms with Crippen molar-refractivity contribution in [3.63, 3.8) is 0 Å². The summed E-state index contributed by atoms with van der Waals surface area (Å²) in [6.45, 7) is 4.55. The Morgan fingerprint density at radius 3 is 2.75 bits per heavy atom. The van der Waals surface area contributed by atoms with Crippen LogP contribution in [0.1, 0.15) is 32.8 Å². The molecule has 0 fully saturated rings. The Hall–Kier alpha value is -2.67. The highest BCUT2D eigenvalue weighted by Gasteiger charge is 2.22. The maximum atomic E-state index is 12.6. The van der Waals surface area contributed by atoms with E-state index in [1.165, 1.54) is 18.4 Å². The minimum atomic E-state index is -0.471. The summed E-state index contributed by atoms with van der Waals surface area (Å²) >= 11 is 1.29. The van der Waals surface area contributed by atoms with Crippen molar-refractivity contribution in [2.24, 2.45) is 0 Å². The van der Waals surface area contributed by atoms with Crippen LogP contribution in [0.15, 0.2) is 30.3 Å². The molecule has 1 aromatic carbocycles. The summed E-state index contributed by atoms with van der Waals surface area (Å²) in [5.41, 5.74) is 1.70. The summed E-state index contributed by atoms with van der Waals surface area (Å²) in [6.07, 6.45) is 0. The van der Waals surface area contributed by atoms with Crippen LogP contribution >= 0.6 is 11.3 Å². The standard InChI is InChI=1S/C17H17N3O3S/c1-4-20-10(2)9-12(19-20)16(21)18-14-11-7-5-6-8-13(11)24-15(14)17(22)23-3/h5-9H,4H2,1-3H3,(H,18,21). The molecule has 0 aliphatic carbocycles. The van der Waals surface area contributed by atoms with E-state index in [0.717, 1.165) is 15.8 Å². The van der Waals surface area contributed by atoms with Gasteiger partial charge in [0.25, 0.3) is 5.91 Å². The van der Waals surface area contributed by atoms with Crippen molar-refractivity contribution in [2.75, 3.05) is 12.4 Å². The normalized spacial score (nSPS) is 10.8. The van der Waals surface area contributed by atoms with E-state index in [1.54, 1.807) is 10.7 Å². The zero-order chi connectivity index (χ0) is 17.3. The fourth-order valence-corrected chi connectivity index (χ4v) is 3.60. The van der Waals surface area contributed by atoms with Crippen LogP contribution in [0.4, 0.5) is 5.69 Å². The van der Waals surface area contributed by atoms with Gasteiger partial charge in [0.2, 0.25) is 0 Å². The van der Waals surface area contributed by atoms with Gasteiger partial charge < -0.3 is 10.1 Å². The van der Waals surface area contributed by atoms with Gasteiger partial charge in [0, 0.05) is 22.3 Å². The lowest BCUT2D eigenvalue weighted by Gasteiger charge is -2.05. The Labute approximate surface area is 143 Å². The number of nitrogens with zero attached hydrogens (tertiary/aromatic N) is 2. The number of aryl methyl sites for hydroxylation is 2. The van der Waals surface area contributed by atoms with Crippen molar-refractivity contribution < 1.29 is 14.3 Å².